The molecule has 112 valence electrons. The minimum Gasteiger partial charge on any atom is -0.497 e. The number of methoxy groups -OCH3 is 1. The van der Waals surface area contributed by atoms with Gasteiger partial charge in [-0.05, 0) is 42.3 Å². The van der Waals surface area contributed by atoms with E-state index >= 15 is 0 Å². The van der Waals surface area contributed by atoms with E-state index in [4.69, 9.17) is 14.2 Å². The SMILES string of the molecule is COc1ccc2cc(C3(C(C)Br)OCCCO3)ccc2c1. The van der Waals surface area contributed by atoms with E-state index in [0.717, 1.165) is 41.7 Å². The summed E-state index contributed by atoms with van der Waals surface area (Å²) in [5.41, 5.74) is 1.05. The molecular weight excluding hydrogens is 332 g/mol. The van der Waals surface area contributed by atoms with Gasteiger partial charge in [0.15, 0.2) is 0 Å². The molecule has 0 saturated carbocycles. The summed E-state index contributed by atoms with van der Waals surface area (Å²) >= 11 is 3.65. The maximum absolute atomic E-state index is 6.01. The van der Waals surface area contributed by atoms with E-state index in [1.807, 2.05) is 12.1 Å². The molecule has 21 heavy (non-hydrogen) atoms. The van der Waals surface area contributed by atoms with Gasteiger partial charge in [0.1, 0.15) is 5.75 Å². The van der Waals surface area contributed by atoms with Crippen LogP contribution in [0.25, 0.3) is 10.8 Å². The van der Waals surface area contributed by atoms with Crippen molar-refractivity contribution in [2.24, 2.45) is 0 Å². The molecule has 1 atom stereocenters. The predicted octanol–water partition coefficient (Wildman–Crippen LogP) is 4.22. The Bertz CT molecular complexity index is 633. The van der Waals surface area contributed by atoms with Crippen LogP contribution in [0.4, 0.5) is 0 Å². The average Bonchev–Trinajstić information content (AvgIpc) is 2.54. The second-order valence-corrected chi connectivity index (χ2v) is 6.64. The van der Waals surface area contributed by atoms with E-state index in [1.165, 1.54) is 0 Å². The minimum absolute atomic E-state index is 0.0704. The van der Waals surface area contributed by atoms with Crippen molar-refractivity contribution in [2.75, 3.05) is 20.3 Å². The van der Waals surface area contributed by atoms with Crippen LogP contribution in [0.1, 0.15) is 18.9 Å². The zero-order chi connectivity index (χ0) is 14.9. The molecule has 2 aromatic carbocycles. The summed E-state index contributed by atoms with van der Waals surface area (Å²) in [7, 11) is 1.68. The Labute approximate surface area is 133 Å². The smallest absolute Gasteiger partial charge is 0.207 e. The Balaban J connectivity index is 2.06. The van der Waals surface area contributed by atoms with E-state index in [0.29, 0.717) is 0 Å². The standard InChI is InChI=1S/C17H19BrO3/c1-12(18)17(20-8-3-9-21-17)15-6-4-14-11-16(19-2)7-5-13(14)10-15/h4-7,10-12H,3,8-9H2,1-2H3. The molecule has 3 nitrogen and oxygen atoms in total. The number of alkyl halides is 1. The lowest BCUT2D eigenvalue weighted by atomic mass is 9.98. The molecule has 0 aliphatic carbocycles. The number of ether oxygens (including phenoxy) is 3. The Morgan fingerprint density at radius 2 is 1.76 bits per heavy atom. The predicted molar refractivity (Wildman–Crippen MR) is 87.1 cm³/mol. The van der Waals surface area contributed by atoms with E-state index in [1.54, 1.807) is 7.11 Å². The second-order valence-electron chi connectivity index (χ2n) is 5.26. The highest BCUT2D eigenvalue weighted by molar-refractivity contribution is 9.09. The number of fused-ring (bicyclic) bond motifs is 1. The van der Waals surface area contributed by atoms with Gasteiger partial charge in [-0.3, -0.25) is 0 Å². The summed E-state index contributed by atoms with van der Waals surface area (Å²) in [4.78, 5) is 0.0704. The summed E-state index contributed by atoms with van der Waals surface area (Å²) in [6.07, 6.45) is 0.937. The molecule has 1 fully saturated rings. The maximum atomic E-state index is 6.01. The third kappa shape index (κ3) is 2.68. The van der Waals surface area contributed by atoms with E-state index in [9.17, 15) is 0 Å². The van der Waals surface area contributed by atoms with E-state index < -0.39 is 5.79 Å². The van der Waals surface area contributed by atoms with Crippen LogP contribution in [0.3, 0.4) is 0 Å². The second kappa shape index (κ2) is 5.95. The Kier molecular flexibility index (Phi) is 4.20. The van der Waals surface area contributed by atoms with Crippen molar-refractivity contribution in [3.05, 3.63) is 42.0 Å². The summed E-state index contributed by atoms with van der Waals surface area (Å²) in [5.74, 6) is 0.163. The maximum Gasteiger partial charge on any atom is 0.207 e. The quantitative estimate of drug-likeness (QED) is 0.775. The van der Waals surface area contributed by atoms with Crippen molar-refractivity contribution in [1.82, 2.24) is 0 Å². The fourth-order valence-corrected chi connectivity index (χ4v) is 3.27. The molecule has 1 aliphatic rings. The fraction of sp³-hybridized carbons (Fsp3) is 0.412. The van der Waals surface area contributed by atoms with Crippen molar-refractivity contribution in [3.8, 4) is 5.75 Å². The van der Waals surface area contributed by atoms with Gasteiger partial charge in [0.05, 0.1) is 25.2 Å². The molecule has 0 bridgehead atoms. The molecule has 2 aromatic rings. The Hall–Kier alpha value is -1.10. The number of hydrogen-bond acceptors (Lipinski definition) is 3. The van der Waals surface area contributed by atoms with Gasteiger partial charge in [-0.25, -0.2) is 0 Å². The zero-order valence-electron chi connectivity index (χ0n) is 12.3. The molecule has 0 amide bonds. The molecule has 1 unspecified atom stereocenters. The van der Waals surface area contributed by atoms with Crippen molar-refractivity contribution in [2.45, 2.75) is 24.0 Å². The van der Waals surface area contributed by atoms with Crippen LogP contribution in [-0.2, 0) is 15.3 Å². The molecule has 0 aromatic heterocycles. The summed E-state index contributed by atoms with van der Waals surface area (Å²) in [5, 5.41) is 2.30. The lowest BCUT2D eigenvalue weighted by molar-refractivity contribution is -0.273. The fourth-order valence-electron chi connectivity index (χ4n) is 2.74. The van der Waals surface area contributed by atoms with Crippen molar-refractivity contribution in [1.29, 1.82) is 0 Å². The van der Waals surface area contributed by atoms with Gasteiger partial charge in [0, 0.05) is 5.56 Å². The van der Waals surface area contributed by atoms with Gasteiger partial charge in [-0.1, -0.05) is 34.1 Å². The van der Waals surface area contributed by atoms with Crippen LogP contribution >= 0.6 is 15.9 Å². The number of halogens is 1. The summed E-state index contributed by atoms with van der Waals surface area (Å²) in [6, 6.07) is 12.4. The number of benzene rings is 2. The molecule has 3 rings (SSSR count). The van der Waals surface area contributed by atoms with Crippen molar-refractivity contribution < 1.29 is 14.2 Å². The average molecular weight is 351 g/mol. The lowest BCUT2D eigenvalue weighted by Gasteiger charge is -2.40. The van der Waals surface area contributed by atoms with Gasteiger partial charge in [-0.2, -0.15) is 0 Å². The Morgan fingerprint density at radius 1 is 1.10 bits per heavy atom. The largest absolute Gasteiger partial charge is 0.497 e. The molecule has 1 aliphatic heterocycles. The first-order chi connectivity index (χ1) is 10.2. The van der Waals surface area contributed by atoms with Crippen molar-refractivity contribution >= 4 is 26.7 Å². The van der Waals surface area contributed by atoms with Gasteiger partial charge < -0.3 is 14.2 Å². The monoisotopic (exact) mass is 350 g/mol. The molecule has 4 heteroatoms. The number of hydrogen-bond donors (Lipinski definition) is 0. The van der Waals surface area contributed by atoms with Crippen LogP contribution in [0.5, 0.6) is 5.75 Å². The van der Waals surface area contributed by atoms with Gasteiger partial charge in [0.2, 0.25) is 5.79 Å². The molecule has 0 spiro atoms. The molecular formula is C17H19BrO3. The third-order valence-corrected chi connectivity index (χ3v) is 4.50. The van der Waals surface area contributed by atoms with Crippen LogP contribution in [-0.4, -0.2) is 25.2 Å². The summed E-state index contributed by atoms with van der Waals surface area (Å²) < 4.78 is 17.3. The molecule has 1 saturated heterocycles. The van der Waals surface area contributed by atoms with E-state index in [2.05, 4.69) is 47.1 Å². The molecule has 1 heterocycles. The van der Waals surface area contributed by atoms with Crippen molar-refractivity contribution in [3.63, 3.8) is 0 Å². The first-order valence-electron chi connectivity index (χ1n) is 7.16. The highest BCUT2D eigenvalue weighted by Crippen LogP contribution is 2.39. The number of rotatable bonds is 3. The normalized spacial score (nSPS) is 19.4. The van der Waals surface area contributed by atoms with Gasteiger partial charge in [0.25, 0.3) is 0 Å². The van der Waals surface area contributed by atoms with Crippen LogP contribution in [0.15, 0.2) is 36.4 Å². The lowest BCUT2D eigenvalue weighted by Crippen LogP contribution is -2.44. The van der Waals surface area contributed by atoms with Gasteiger partial charge in [-0.15, -0.1) is 0 Å². The minimum atomic E-state index is -0.702. The summed E-state index contributed by atoms with van der Waals surface area (Å²) in [6.45, 7) is 3.50. The molecule has 0 radical (unpaired) electrons. The highest BCUT2D eigenvalue weighted by Gasteiger charge is 2.41. The zero-order valence-corrected chi connectivity index (χ0v) is 13.9. The van der Waals surface area contributed by atoms with Crippen LogP contribution < -0.4 is 4.74 Å². The van der Waals surface area contributed by atoms with Crippen LogP contribution in [0, 0.1) is 0 Å². The Morgan fingerprint density at radius 3 is 2.43 bits per heavy atom. The first kappa shape index (κ1) is 14.8. The van der Waals surface area contributed by atoms with Gasteiger partial charge >= 0.3 is 0 Å². The third-order valence-electron chi connectivity index (χ3n) is 3.90. The van der Waals surface area contributed by atoms with Crippen LogP contribution in [0.2, 0.25) is 0 Å². The highest BCUT2D eigenvalue weighted by atomic mass is 79.9. The first-order valence-corrected chi connectivity index (χ1v) is 8.07. The van der Waals surface area contributed by atoms with E-state index in [-0.39, 0.29) is 4.83 Å². The molecule has 0 N–H and O–H groups in total. The topological polar surface area (TPSA) is 27.7 Å².